The Kier molecular flexibility index (Phi) is 6.87. The van der Waals surface area contributed by atoms with E-state index in [0.29, 0.717) is 5.69 Å². The zero-order chi connectivity index (χ0) is 25.2. The molecule has 3 aromatic carbocycles. The van der Waals surface area contributed by atoms with Crippen LogP contribution in [0, 0.1) is 16.0 Å². The van der Waals surface area contributed by atoms with Crippen LogP contribution in [-0.4, -0.2) is 21.7 Å². The van der Waals surface area contributed by atoms with Crippen LogP contribution in [0.15, 0.2) is 82.4 Å². The lowest BCUT2D eigenvalue weighted by Crippen LogP contribution is -2.38. The number of carbonyl (C=O) groups is 1. The number of nitro groups is 1. The maximum Gasteiger partial charge on any atom is 0.350 e. The molecule has 0 aromatic heterocycles. The summed E-state index contributed by atoms with van der Waals surface area (Å²) < 4.78 is 0.908. The third-order valence-corrected chi connectivity index (χ3v) is 7.53. The highest BCUT2D eigenvalue weighted by atomic mass is 79.9. The van der Waals surface area contributed by atoms with Crippen molar-refractivity contribution in [3.63, 3.8) is 0 Å². The normalized spacial score (nSPS) is 17.3. The topological polar surface area (TPSA) is 79.1 Å². The zero-order valence-electron chi connectivity index (χ0n) is 20.0. The van der Waals surface area contributed by atoms with E-state index in [1.165, 1.54) is 18.6 Å². The van der Waals surface area contributed by atoms with Crippen LogP contribution in [0.4, 0.5) is 21.9 Å². The molecule has 5 rings (SSSR count). The van der Waals surface area contributed by atoms with E-state index < -0.39 is 4.92 Å². The van der Waals surface area contributed by atoms with Crippen LogP contribution in [0.25, 0.3) is 0 Å². The molecule has 1 atom stereocenters. The van der Waals surface area contributed by atoms with Crippen LogP contribution < -0.4 is 4.90 Å². The van der Waals surface area contributed by atoms with Crippen LogP contribution in [-0.2, 0) is 0 Å². The van der Waals surface area contributed by atoms with Crippen LogP contribution in [0.3, 0.4) is 0 Å². The lowest BCUT2D eigenvalue weighted by molar-refractivity contribution is -0.384. The summed E-state index contributed by atoms with van der Waals surface area (Å²) in [6.45, 7) is 1.98. The standard InChI is InChI=1S/C28H27BrN4O3/c1-19(20-8-4-2-5-9-20)32-28(34)31(23-13-15-24(16-14-23)33(35)36)26-17-12-22(29)18-25(26)27(30-32)21-10-6-3-7-11-21/h2,4-5,8-9,12-19,21H,3,6-7,10-11H2,1H3. The van der Waals surface area contributed by atoms with Crippen molar-refractivity contribution in [2.24, 2.45) is 11.0 Å². The molecule has 1 aliphatic carbocycles. The van der Waals surface area contributed by atoms with Crippen molar-refractivity contribution in [1.82, 2.24) is 5.01 Å². The van der Waals surface area contributed by atoms with Crippen LogP contribution in [0.1, 0.15) is 56.2 Å². The summed E-state index contributed by atoms with van der Waals surface area (Å²) >= 11 is 3.62. The predicted molar refractivity (Wildman–Crippen MR) is 145 cm³/mol. The smallest absolute Gasteiger partial charge is 0.261 e. The molecule has 0 saturated heterocycles. The first-order chi connectivity index (χ1) is 17.4. The zero-order valence-corrected chi connectivity index (χ0v) is 21.6. The Morgan fingerprint density at radius 1 is 1.00 bits per heavy atom. The molecular formula is C28H27BrN4O3. The molecule has 0 N–H and O–H groups in total. The molecule has 1 aliphatic heterocycles. The summed E-state index contributed by atoms with van der Waals surface area (Å²) in [5.41, 5.74) is 4.07. The number of hydrogen-bond acceptors (Lipinski definition) is 4. The first-order valence-electron chi connectivity index (χ1n) is 12.2. The van der Waals surface area contributed by atoms with Crippen molar-refractivity contribution >= 4 is 44.7 Å². The van der Waals surface area contributed by atoms with Gasteiger partial charge >= 0.3 is 6.03 Å². The minimum absolute atomic E-state index is 0.0225. The molecule has 1 heterocycles. The summed E-state index contributed by atoms with van der Waals surface area (Å²) in [6, 6.07) is 21.2. The van der Waals surface area contributed by atoms with Gasteiger partial charge in [0.25, 0.3) is 5.69 Å². The summed E-state index contributed by atoms with van der Waals surface area (Å²) in [7, 11) is 0. The van der Waals surface area contributed by atoms with Crippen LogP contribution >= 0.6 is 15.9 Å². The summed E-state index contributed by atoms with van der Waals surface area (Å²) in [5.74, 6) is 0.252. The minimum atomic E-state index is -0.437. The van der Waals surface area contributed by atoms with Gasteiger partial charge in [0, 0.05) is 28.1 Å². The highest BCUT2D eigenvalue weighted by Crippen LogP contribution is 2.40. The second-order valence-corrected chi connectivity index (χ2v) is 10.2. The van der Waals surface area contributed by atoms with E-state index in [-0.39, 0.29) is 23.7 Å². The van der Waals surface area contributed by atoms with Gasteiger partial charge in [-0.2, -0.15) is 5.10 Å². The quantitative estimate of drug-likeness (QED) is 0.240. The Bertz CT molecular complexity index is 1300. The molecule has 1 unspecified atom stereocenters. The summed E-state index contributed by atoms with van der Waals surface area (Å²) in [4.78, 5) is 26.7. The number of nitrogens with zero attached hydrogens (tertiary/aromatic N) is 4. The lowest BCUT2D eigenvalue weighted by Gasteiger charge is -2.30. The predicted octanol–water partition coefficient (Wildman–Crippen LogP) is 7.98. The summed E-state index contributed by atoms with van der Waals surface area (Å²) in [5, 5.41) is 17.9. The Morgan fingerprint density at radius 2 is 1.69 bits per heavy atom. The molecule has 1 saturated carbocycles. The van der Waals surface area contributed by atoms with Gasteiger partial charge in [0.1, 0.15) is 0 Å². The van der Waals surface area contributed by atoms with Gasteiger partial charge in [-0.05, 0) is 55.7 Å². The molecule has 2 amide bonds. The van der Waals surface area contributed by atoms with Gasteiger partial charge in [0.15, 0.2) is 0 Å². The number of hydrogen-bond donors (Lipinski definition) is 0. The molecule has 7 nitrogen and oxygen atoms in total. The van der Waals surface area contributed by atoms with Crippen molar-refractivity contribution in [2.75, 3.05) is 4.90 Å². The number of urea groups is 1. The van der Waals surface area contributed by atoms with Gasteiger partial charge in [-0.3, -0.25) is 15.0 Å². The number of rotatable bonds is 5. The largest absolute Gasteiger partial charge is 0.350 e. The Balaban J connectivity index is 1.69. The van der Waals surface area contributed by atoms with Gasteiger partial charge in [-0.1, -0.05) is 65.5 Å². The second-order valence-electron chi connectivity index (χ2n) is 9.30. The fraction of sp³-hybridized carbons (Fsp3) is 0.286. The molecule has 8 heteroatoms. The van der Waals surface area contributed by atoms with E-state index in [1.54, 1.807) is 22.0 Å². The first-order valence-corrected chi connectivity index (χ1v) is 13.0. The second kappa shape index (κ2) is 10.2. The molecule has 3 aromatic rings. The average molecular weight is 547 g/mol. The first kappa shape index (κ1) is 24.2. The van der Waals surface area contributed by atoms with Crippen molar-refractivity contribution in [3.8, 4) is 0 Å². The fourth-order valence-corrected chi connectivity index (χ4v) is 5.46. The number of nitro benzene ring substituents is 1. The Hall–Kier alpha value is -3.52. The van der Waals surface area contributed by atoms with Gasteiger partial charge < -0.3 is 0 Å². The molecule has 1 fully saturated rings. The highest BCUT2D eigenvalue weighted by Gasteiger charge is 2.36. The van der Waals surface area contributed by atoms with E-state index in [2.05, 4.69) is 15.9 Å². The summed E-state index contributed by atoms with van der Waals surface area (Å²) in [6.07, 6.45) is 5.56. The van der Waals surface area contributed by atoms with Crippen molar-refractivity contribution in [3.05, 3.63) is 98.5 Å². The van der Waals surface area contributed by atoms with Crippen LogP contribution in [0.2, 0.25) is 0 Å². The van der Waals surface area contributed by atoms with Crippen molar-refractivity contribution in [1.29, 1.82) is 0 Å². The third-order valence-electron chi connectivity index (χ3n) is 7.04. The molecule has 0 spiro atoms. The molecule has 0 bridgehead atoms. The molecular weight excluding hydrogens is 520 g/mol. The van der Waals surface area contributed by atoms with Crippen LogP contribution in [0.5, 0.6) is 0 Å². The monoisotopic (exact) mass is 546 g/mol. The number of non-ortho nitro benzene ring substituents is 1. The molecule has 0 radical (unpaired) electrons. The van der Waals surface area contributed by atoms with E-state index in [0.717, 1.165) is 52.7 Å². The van der Waals surface area contributed by atoms with Gasteiger partial charge in [-0.15, -0.1) is 0 Å². The van der Waals surface area contributed by atoms with E-state index in [1.807, 2.05) is 55.5 Å². The van der Waals surface area contributed by atoms with E-state index in [9.17, 15) is 14.9 Å². The number of carbonyl (C=O) groups excluding carboxylic acids is 1. The maximum atomic E-state index is 14.3. The van der Waals surface area contributed by atoms with E-state index in [4.69, 9.17) is 5.10 Å². The third kappa shape index (κ3) is 4.65. The number of halogens is 1. The Morgan fingerprint density at radius 3 is 2.36 bits per heavy atom. The fourth-order valence-electron chi connectivity index (χ4n) is 5.10. The van der Waals surface area contributed by atoms with Gasteiger partial charge in [0.05, 0.1) is 28.1 Å². The SMILES string of the molecule is CC(c1ccccc1)N1N=C(C2CCCCC2)c2cc(Br)ccc2N(c2ccc([N+](=O)[O-])cc2)C1=O. The minimum Gasteiger partial charge on any atom is -0.261 e. The number of anilines is 2. The van der Waals surface area contributed by atoms with Gasteiger partial charge in [0.2, 0.25) is 0 Å². The lowest BCUT2D eigenvalue weighted by atomic mass is 9.83. The Labute approximate surface area is 218 Å². The molecule has 184 valence electrons. The van der Waals surface area contributed by atoms with E-state index >= 15 is 0 Å². The van der Waals surface area contributed by atoms with Gasteiger partial charge in [-0.25, -0.2) is 9.80 Å². The van der Waals surface area contributed by atoms with Crippen molar-refractivity contribution < 1.29 is 9.72 Å². The van der Waals surface area contributed by atoms with Crippen molar-refractivity contribution in [2.45, 2.75) is 45.1 Å². The average Bonchev–Trinajstić information content (AvgIpc) is 3.03. The number of fused-ring (bicyclic) bond motifs is 1. The number of hydrazone groups is 1. The maximum absolute atomic E-state index is 14.3. The molecule has 2 aliphatic rings. The highest BCUT2D eigenvalue weighted by molar-refractivity contribution is 9.10. The number of amides is 2. The number of benzene rings is 3. The molecule has 36 heavy (non-hydrogen) atoms.